The molecule has 1 fully saturated rings. The van der Waals surface area contributed by atoms with E-state index in [1.807, 2.05) is 4.90 Å². The molecule has 0 spiro atoms. The lowest BCUT2D eigenvalue weighted by Crippen LogP contribution is -2.48. The first-order valence-corrected chi connectivity index (χ1v) is 9.74. The lowest BCUT2D eigenvalue weighted by atomic mass is 10.4. The van der Waals surface area contributed by atoms with Crippen molar-refractivity contribution in [1.82, 2.24) is 19.0 Å². The number of nitro groups is 1. The molecule has 0 unspecified atom stereocenters. The number of halogens is 1. The molecule has 1 aromatic carbocycles. The maximum atomic E-state index is 12.7. The lowest BCUT2D eigenvalue weighted by molar-refractivity contribution is -0.385. The number of rotatable bonds is 5. The Bertz CT molecular complexity index is 877. The van der Waals surface area contributed by atoms with Gasteiger partial charge in [-0.1, -0.05) is 22.0 Å². The third-order valence-electron chi connectivity index (χ3n) is 3.94. The Kier molecular flexibility index (Phi) is 5.18. The van der Waals surface area contributed by atoms with Crippen LogP contribution in [0.2, 0.25) is 0 Å². The second kappa shape index (κ2) is 7.20. The summed E-state index contributed by atoms with van der Waals surface area (Å²) < 4.78 is 29.0. The van der Waals surface area contributed by atoms with Gasteiger partial charge in [0.1, 0.15) is 12.4 Å². The number of aromatic nitrogens is 2. The molecule has 0 bridgehead atoms. The SMILES string of the molecule is O=[N+]([O-])c1cnn(CN2CCN(S(=O)(=O)c3cccc(Br)c3)CC2)c1. The fraction of sp³-hybridized carbons (Fsp3) is 0.357. The molecule has 0 saturated carbocycles. The molecule has 9 nitrogen and oxygen atoms in total. The van der Waals surface area contributed by atoms with E-state index < -0.39 is 14.9 Å². The summed E-state index contributed by atoms with van der Waals surface area (Å²) in [7, 11) is -3.52. The molecular formula is C14H16BrN5O4S. The van der Waals surface area contributed by atoms with E-state index in [2.05, 4.69) is 21.0 Å². The lowest BCUT2D eigenvalue weighted by Gasteiger charge is -2.33. The maximum Gasteiger partial charge on any atom is 0.307 e. The zero-order valence-electron chi connectivity index (χ0n) is 13.2. The van der Waals surface area contributed by atoms with Gasteiger partial charge < -0.3 is 0 Å². The Hall–Kier alpha value is -1.82. The van der Waals surface area contributed by atoms with Crippen molar-refractivity contribution in [2.24, 2.45) is 0 Å². The van der Waals surface area contributed by atoms with Gasteiger partial charge in [0.2, 0.25) is 10.0 Å². The van der Waals surface area contributed by atoms with Gasteiger partial charge >= 0.3 is 5.69 Å². The smallest absolute Gasteiger partial charge is 0.282 e. The van der Waals surface area contributed by atoms with E-state index in [-0.39, 0.29) is 10.6 Å². The minimum absolute atomic E-state index is 0.0594. The highest BCUT2D eigenvalue weighted by molar-refractivity contribution is 9.10. The minimum atomic E-state index is -3.52. The highest BCUT2D eigenvalue weighted by Gasteiger charge is 2.28. The number of hydrogen-bond donors (Lipinski definition) is 0. The summed E-state index contributed by atoms with van der Waals surface area (Å²) in [5, 5.41) is 14.6. The van der Waals surface area contributed by atoms with Crippen LogP contribution in [0, 0.1) is 10.1 Å². The number of benzene rings is 1. The van der Waals surface area contributed by atoms with Crippen LogP contribution in [0.4, 0.5) is 5.69 Å². The summed E-state index contributed by atoms with van der Waals surface area (Å²) >= 11 is 3.29. The van der Waals surface area contributed by atoms with Crippen molar-refractivity contribution >= 4 is 31.6 Å². The third kappa shape index (κ3) is 4.06. The van der Waals surface area contributed by atoms with Crippen molar-refractivity contribution in [2.45, 2.75) is 11.6 Å². The molecule has 134 valence electrons. The number of sulfonamides is 1. The summed E-state index contributed by atoms with van der Waals surface area (Å²) in [6, 6.07) is 6.64. The molecule has 2 aromatic rings. The van der Waals surface area contributed by atoms with Crippen molar-refractivity contribution in [2.75, 3.05) is 26.2 Å². The van der Waals surface area contributed by atoms with Crippen LogP contribution in [0.5, 0.6) is 0 Å². The summed E-state index contributed by atoms with van der Waals surface area (Å²) in [6.07, 6.45) is 2.57. The predicted octanol–water partition coefficient (Wildman–Crippen LogP) is 1.52. The zero-order chi connectivity index (χ0) is 18.0. The molecule has 0 N–H and O–H groups in total. The van der Waals surface area contributed by atoms with Gasteiger partial charge in [-0.2, -0.15) is 9.40 Å². The van der Waals surface area contributed by atoms with Gasteiger partial charge in [0, 0.05) is 30.7 Å². The van der Waals surface area contributed by atoms with E-state index in [9.17, 15) is 18.5 Å². The first-order valence-electron chi connectivity index (χ1n) is 7.51. The summed E-state index contributed by atoms with van der Waals surface area (Å²) in [5.74, 6) is 0. The van der Waals surface area contributed by atoms with Gasteiger partial charge in [-0.25, -0.2) is 8.42 Å². The number of nitrogens with zero attached hydrogens (tertiary/aromatic N) is 5. The van der Waals surface area contributed by atoms with Gasteiger partial charge in [-0.15, -0.1) is 0 Å². The largest absolute Gasteiger partial charge is 0.307 e. The van der Waals surface area contributed by atoms with Crippen LogP contribution >= 0.6 is 15.9 Å². The molecule has 1 aromatic heterocycles. The monoisotopic (exact) mass is 429 g/mol. The predicted molar refractivity (Wildman–Crippen MR) is 93.4 cm³/mol. The topological polar surface area (TPSA) is 102 Å². The molecule has 0 atom stereocenters. The molecular weight excluding hydrogens is 414 g/mol. The van der Waals surface area contributed by atoms with Gasteiger partial charge in [0.15, 0.2) is 0 Å². The Balaban J connectivity index is 1.62. The Morgan fingerprint density at radius 1 is 1.24 bits per heavy atom. The molecule has 0 aliphatic carbocycles. The van der Waals surface area contributed by atoms with Gasteiger partial charge in [0.05, 0.1) is 16.5 Å². The van der Waals surface area contributed by atoms with E-state index >= 15 is 0 Å². The average Bonchev–Trinajstić information content (AvgIpc) is 3.04. The molecule has 0 amide bonds. The Morgan fingerprint density at radius 2 is 1.96 bits per heavy atom. The van der Waals surface area contributed by atoms with Crippen LogP contribution in [-0.2, 0) is 16.7 Å². The molecule has 3 rings (SSSR count). The Labute approximate surface area is 153 Å². The van der Waals surface area contributed by atoms with Crippen LogP contribution in [0.25, 0.3) is 0 Å². The summed E-state index contributed by atoms with van der Waals surface area (Å²) in [4.78, 5) is 12.5. The summed E-state index contributed by atoms with van der Waals surface area (Å²) in [5.41, 5.74) is -0.0594. The molecule has 0 radical (unpaired) electrons. The highest BCUT2D eigenvalue weighted by Crippen LogP contribution is 2.21. The van der Waals surface area contributed by atoms with Crippen molar-refractivity contribution in [1.29, 1.82) is 0 Å². The molecule has 1 saturated heterocycles. The molecule has 25 heavy (non-hydrogen) atoms. The first-order chi connectivity index (χ1) is 11.9. The van der Waals surface area contributed by atoms with E-state index in [1.165, 1.54) is 21.4 Å². The fourth-order valence-electron chi connectivity index (χ4n) is 2.62. The van der Waals surface area contributed by atoms with Crippen molar-refractivity contribution in [3.05, 3.63) is 51.2 Å². The van der Waals surface area contributed by atoms with Crippen molar-refractivity contribution in [3.63, 3.8) is 0 Å². The number of hydrogen-bond acceptors (Lipinski definition) is 6. The van der Waals surface area contributed by atoms with E-state index in [0.29, 0.717) is 37.3 Å². The normalized spacial score (nSPS) is 16.8. The fourth-order valence-corrected chi connectivity index (χ4v) is 4.64. The second-order valence-electron chi connectivity index (χ2n) is 5.62. The number of piperazine rings is 1. The first kappa shape index (κ1) is 18.0. The quantitative estimate of drug-likeness (QED) is 0.527. The van der Waals surface area contributed by atoms with Gasteiger partial charge in [-0.3, -0.25) is 19.7 Å². The minimum Gasteiger partial charge on any atom is -0.282 e. The van der Waals surface area contributed by atoms with Crippen LogP contribution in [-0.4, -0.2) is 58.5 Å². The zero-order valence-corrected chi connectivity index (χ0v) is 15.6. The molecule has 11 heteroatoms. The summed E-state index contributed by atoms with van der Waals surface area (Å²) in [6.45, 7) is 2.16. The molecule has 2 heterocycles. The Morgan fingerprint density at radius 3 is 2.56 bits per heavy atom. The van der Waals surface area contributed by atoms with Gasteiger partial charge in [0.25, 0.3) is 0 Å². The van der Waals surface area contributed by atoms with Crippen molar-refractivity contribution < 1.29 is 13.3 Å². The highest BCUT2D eigenvalue weighted by atomic mass is 79.9. The average molecular weight is 430 g/mol. The van der Waals surface area contributed by atoms with Crippen LogP contribution < -0.4 is 0 Å². The molecule has 1 aliphatic rings. The van der Waals surface area contributed by atoms with Crippen LogP contribution in [0.1, 0.15) is 0 Å². The van der Waals surface area contributed by atoms with Crippen LogP contribution in [0.15, 0.2) is 46.0 Å². The second-order valence-corrected chi connectivity index (χ2v) is 8.47. The van der Waals surface area contributed by atoms with Crippen LogP contribution in [0.3, 0.4) is 0 Å². The van der Waals surface area contributed by atoms with Crippen molar-refractivity contribution in [3.8, 4) is 0 Å². The standard InChI is InChI=1S/C14H16BrN5O4S/c15-12-2-1-3-14(8-12)25(23,24)19-6-4-17(5-7-19)11-18-10-13(9-16-18)20(21)22/h1-3,8-10H,4-7,11H2. The van der Waals surface area contributed by atoms with Gasteiger partial charge in [-0.05, 0) is 18.2 Å². The van der Waals surface area contributed by atoms with E-state index in [0.717, 1.165) is 0 Å². The maximum absolute atomic E-state index is 12.7. The van der Waals surface area contributed by atoms with E-state index in [4.69, 9.17) is 0 Å². The molecule has 1 aliphatic heterocycles. The third-order valence-corrected chi connectivity index (χ3v) is 6.33. The van der Waals surface area contributed by atoms with E-state index in [1.54, 1.807) is 24.3 Å².